The molecule has 0 aliphatic rings. The van der Waals surface area contributed by atoms with Crippen LogP contribution in [-0.2, 0) is 11.3 Å². The van der Waals surface area contributed by atoms with Gasteiger partial charge in [0.15, 0.2) is 5.13 Å². The Morgan fingerprint density at radius 2 is 1.89 bits per heavy atom. The fourth-order valence-corrected chi connectivity index (χ4v) is 4.11. The predicted molar refractivity (Wildman–Crippen MR) is 108 cm³/mol. The van der Waals surface area contributed by atoms with Crippen LogP contribution in [-0.4, -0.2) is 17.6 Å². The predicted octanol–water partition coefficient (Wildman–Crippen LogP) is 4.89. The normalized spacial score (nSPS) is 10.1. The van der Waals surface area contributed by atoms with Gasteiger partial charge in [0.25, 0.3) is 0 Å². The minimum absolute atomic E-state index is 0.250. The maximum Gasteiger partial charge on any atom is 0.204 e. The summed E-state index contributed by atoms with van der Waals surface area (Å²) < 4.78 is 27.7. The van der Waals surface area contributed by atoms with Gasteiger partial charge in [-0.1, -0.05) is 30.3 Å². The van der Waals surface area contributed by atoms with E-state index in [9.17, 15) is 8.78 Å². The molecule has 0 aliphatic carbocycles. The summed E-state index contributed by atoms with van der Waals surface area (Å²) in [6, 6.07) is 13.4. The second-order valence-electron chi connectivity index (χ2n) is 5.37. The van der Waals surface area contributed by atoms with Gasteiger partial charge in [0.05, 0.1) is 12.2 Å². The molecule has 1 amide bonds. The molecule has 142 valence electrons. The number of thioether (sulfide) groups is 1. The number of amides is 1. The third-order valence-corrected chi connectivity index (χ3v) is 5.46. The number of hydrogen-bond donors (Lipinski definition) is 1. The van der Waals surface area contributed by atoms with Crippen molar-refractivity contribution in [2.45, 2.75) is 18.5 Å². The second kappa shape index (κ2) is 10.0. The van der Waals surface area contributed by atoms with Crippen molar-refractivity contribution in [3.05, 3.63) is 70.6 Å². The number of carbonyl (C=O) groups is 1. The lowest BCUT2D eigenvalue weighted by molar-refractivity contribution is -0.106. The molecular formula is C19H19F2N3OS2. The van der Waals surface area contributed by atoms with Crippen molar-refractivity contribution in [2.75, 3.05) is 11.2 Å². The lowest BCUT2D eigenvalue weighted by Gasteiger charge is -2.22. The molecule has 27 heavy (non-hydrogen) atoms. The highest BCUT2D eigenvalue weighted by molar-refractivity contribution is 7.98. The van der Waals surface area contributed by atoms with Crippen molar-refractivity contribution in [3.63, 3.8) is 0 Å². The van der Waals surface area contributed by atoms with Gasteiger partial charge in [0.2, 0.25) is 6.41 Å². The minimum atomic E-state index is -0.593. The summed E-state index contributed by atoms with van der Waals surface area (Å²) in [5.41, 5.74) is 5.52. The van der Waals surface area contributed by atoms with Gasteiger partial charge in [0, 0.05) is 10.9 Å². The Labute approximate surface area is 165 Å². The van der Waals surface area contributed by atoms with E-state index in [4.69, 9.17) is 4.79 Å². The summed E-state index contributed by atoms with van der Waals surface area (Å²) in [5, 5.41) is 1.63. The van der Waals surface area contributed by atoms with Crippen LogP contribution < -0.4 is 10.6 Å². The average molecular weight is 408 g/mol. The number of thiazole rings is 1. The van der Waals surface area contributed by atoms with Gasteiger partial charge in [-0.15, -0.1) is 23.1 Å². The van der Waals surface area contributed by atoms with E-state index >= 15 is 0 Å². The zero-order chi connectivity index (χ0) is 19.8. The number of benzene rings is 2. The van der Waals surface area contributed by atoms with Gasteiger partial charge in [-0.05, 0) is 30.9 Å². The van der Waals surface area contributed by atoms with Gasteiger partial charge in [0.1, 0.15) is 16.7 Å². The van der Waals surface area contributed by atoms with Crippen LogP contribution in [0.5, 0.6) is 0 Å². The van der Waals surface area contributed by atoms with E-state index in [0.717, 1.165) is 21.5 Å². The number of anilines is 2. The molecule has 0 atom stereocenters. The third kappa shape index (κ3) is 5.51. The molecule has 4 nitrogen and oxygen atoms in total. The molecule has 3 aromatic rings. The van der Waals surface area contributed by atoms with E-state index in [2.05, 4.69) is 10.7 Å². The molecule has 0 bridgehead atoms. The number of nitrogens with two attached hydrogens (primary N) is 1. The van der Waals surface area contributed by atoms with Crippen LogP contribution in [0.3, 0.4) is 0 Å². The SMILES string of the molecule is CSc1nc(N(Cc2ccccc2)c2ccc(F)cc2F)sc1C.NC=O. The Hall–Kier alpha value is -2.45. The van der Waals surface area contributed by atoms with Crippen molar-refractivity contribution in [1.82, 2.24) is 4.98 Å². The summed E-state index contributed by atoms with van der Waals surface area (Å²) in [6.07, 6.45) is 2.21. The molecule has 3 rings (SSSR count). The maximum absolute atomic E-state index is 14.4. The highest BCUT2D eigenvalue weighted by atomic mass is 32.2. The highest BCUT2D eigenvalue weighted by Crippen LogP contribution is 2.36. The molecule has 1 aromatic heterocycles. The van der Waals surface area contributed by atoms with E-state index < -0.39 is 11.6 Å². The first-order valence-electron chi connectivity index (χ1n) is 7.93. The molecule has 2 N–H and O–H groups in total. The molecule has 0 aliphatic heterocycles. The van der Waals surface area contributed by atoms with Crippen LogP contribution >= 0.6 is 23.1 Å². The monoisotopic (exact) mass is 407 g/mol. The zero-order valence-corrected chi connectivity index (χ0v) is 16.5. The summed E-state index contributed by atoms with van der Waals surface area (Å²) in [4.78, 5) is 16.1. The van der Waals surface area contributed by atoms with Crippen molar-refractivity contribution >= 4 is 40.3 Å². The highest BCUT2D eigenvalue weighted by Gasteiger charge is 2.19. The third-order valence-electron chi connectivity index (χ3n) is 3.55. The maximum atomic E-state index is 14.4. The molecule has 0 unspecified atom stereocenters. The molecule has 0 fully saturated rings. The fourth-order valence-electron chi connectivity index (χ4n) is 2.40. The van der Waals surface area contributed by atoms with Crippen LogP contribution in [0.1, 0.15) is 10.4 Å². The molecule has 2 aromatic carbocycles. The van der Waals surface area contributed by atoms with Crippen LogP contribution in [0.25, 0.3) is 0 Å². The Morgan fingerprint density at radius 3 is 2.44 bits per heavy atom. The van der Waals surface area contributed by atoms with Crippen molar-refractivity contribution in [3.8, 4) is 0 Å². The van der Waals surface area contributed by atoms with Crippen LogP contribution in [0.2, 0.25) is 0 Å². The number of hydrogen-bond acceptors (Lipinski definition) is 5. The smallest absolute Gasteiger partial charge is 0.204 e. The quantitative estimate of drug-likeness (QED) is 0.483. The first kappa shape index (κ1) is 20.9. The van der Waals surface area contributed by atoms with Crippen molar-refractivity contribution < 1.29 is 13.6 Å². The summed E-state index contributed by atoms with van der Waals surface area (Å²) in [7, 11) is 0. The number of aryl methyl sites for hydroxylation is 1. The minimum Gasteiger partial charge on any atom is -0.372 e. The fraction of sp³-hybridized carbons (Fsp3) is 0.158. The number of rotatable bonds is 5. The zero-order valence-electron chi connectivity index (χ0n) is 14.9. The Balaban J connectivity index is 0.000000817. The number of halogens is 2. The Bertz CT molecular complexity index is 888. The number of primary amides is 1. The molecule has 0 saturated heterocycles. The van der Waals surface area contributed by atoms with E-state index in [0.29, 0.717) is 17.4 Å². The first-order chi connectivity index (χ1) is 13.0. The first-order valence-corrected chi connectivity index (χ1v) is 9.97. The molecule has 0 saturated carbocycles. The van der Waals surface area contributed by atoms with Gasteiger partial charge in [-0.3, -0.25) is 4.79 Å². The molecule has 0 spiro atoms. The summed E-state index contributed by atoms with van der Waals surface area (Å²) in [6.45, 7) is 2.46. The lowest BCUT2D eigenvalue weighted by atomic mass is 10.2. The average Bonchev–Trinajstić information content (AvgIpc) is 3.02. The second-order valence-corrected chi connectivity index (χ2v) is 7.34. The van der Waals surface area contributed by atoms with Crippen LogP contribution in [0, 0.1) is 18.6 Å². The molecule has 0 radical (unpaired) electrons. The number of nitrogens with zero attached hydrogens (tertiary/aromatic N) is 2. The summed E-state index contributed by atoms with van der Waals surface area (Å²) >= 11 is 3.07. The van der Waals surface area contributed by atoms with E-state index in [-0.39, 0.29) is 6.41 Å². The van der Waals surface area contributed by atoms with E-state index in [1.165, 1.54) is 23.5 Å². The van der Waals surface area contributed by atoms with Crippen molar-refractivity contribution in [1.29, 1.82) is 0 Å². The lowest BCUT2D eigenvalue weighted by Crippen LogP contribution is -2.17. The van der Waals surface area contributed by atoms with Gasteiger partial charge < -0.3 is 10.6 Å². The molecular weight excluding hydrogens is 388 g/mol. The number of carbonyl (C=O) groups excluding carboxylic acids is 1. The topological polar surface area (TPSA) is 59.2 Å². The van der Waals surface area contributed by atoms with E-state index in [1.54, 1.807) is 16.7 Å². The Kier molecular flexibility index (Phi) is 7.75. The van der Waals surface area contributed by atoms with Crippen LogP contribution in [0.15, 0.2) is 53.6 Å². The van der Waals surface area contributed by atoms with Gasteiger partial charge in [-0.25, -0.2) is 13.8 Å². The van der Waals surface area contributed by atoms with Crippen LogP contribution in [0.4, 0.5) is 19.6 Å². The van der Waals surface area contributed by atoms with Crippen molar-refractivity contribution in [2.24, 2.45) is 5.73 Å². The number of aromatic nitrogens is 1. The largest absolute Gasteiger partial charge is 0.372 e. The van der Waals surface area contributed by atoms with Gasteiger partial charge in [-0.2, -0.15) is 0 Å². The molecule has 8 heteroatoms. The van der Waals surface area contributed by atoms with E-state index in [1.807, 2.05) is 43.5 Å². The standard InChI is InChI=1S/C18H16F2N2S2.CH3NO/c1-12-17(23-2)21-18(24-12)22(11-13-6-4-3-5-7-13)16-9-8-14(19)10-15(16)20;2-1-3/h3-10H,11H2,1-2H3;1H,(H2,2,3). The van der Waals surface area contributed by atoms with Gasteiger partial charge >= 0.3 is 0 Å². The summed E-state index contributed by atoms with van der Waals surface area (Å²) in [5.74, 6) is -1.18. The molecule has 1 heterocycles. The Morgan fingerprint density at radius 1 is 1.22 bits per heavy atom.